The van der Waals surface area contributed by atoms with E-state index < -0.39 is 0 Å². The van der Waals surface area contributed by atoms with E-state index in [4.69, 9.17) is 9.47 Å². The molecule has 2 aromatic rings. The fourth-order valence-electron chi connectivity index (χ4n) is 2.36. The monoisotopic (exact) mass is 274 g/mol. The molecule has 1 unspecified atom stereocenters. The van der Waals surface area contributed by atoms with Crippen LogP contribution in [0, 0.1) is 5.82 Å². The molecule has 0 saturated carbocycles. The lowest BCUT2D eigenvalue weighted by atomic mass is 9.99. The zero-order valence-electron chi connectivity index (χ0n) is 11.1. The Balaban J connectivity index is 1.99. The number of ether oxygens (including phenoxy) is 2. The minimum absolute atomic E-state index is 0.256. The van der Waals surface area contributed by atoms with Crippen molar-refractivity contribution in [1.82, 2.24) is 10.3 Å². The van der Waals surface area contributed by atoms with Gasteiger partial charge in [0.15, 0.2) is 11.5 Å². The van der Waals surface area contributed by atoms with Gasteiger partial charge < -0.3 is 14.8 Å². The van der Waals surface area contributed by atoms with Gasteiger partial charge >= 0.3 is 0 Å². The summed E-state index contributed by atoms with van der Waals surface area (Å²) in [6.45, 7) is 1.09. The molecule has 3 rings (SSSR count). The molecule has 5 heteroatoms. The van der Waals surface area contributed by atoms with Gasteiger partial charge in [0, 0.05) is 11.8 Å². The molecule has 4 nitrogen and oxygen atoms in total. The van der Waals surface area contributed by atoms with E-state index in [0.717, 1.165) is 11.3 Å². The highest BCUT2D eigenvalue weighted by molar-refractivity contribution is 5.46. The lowest BCUT2D eigenvalue weighted by molar-refractivity contribution is 0.171. The summed E-state index contributed by atoms with van der Waals surface area (Å²) in [7, 11) is 1.79. The number of nitrogens with one attached hydrogen (secondary N) is 1. The summed E-state index contributed by atoms with van der Waals surface area (Å²) < 4.78 is 25.0. The minimum Gasteiger partial charge on any atom is -0.486 e. The first-order valence-corrected chi connectivity index (χ1v) is 6.46. The summed E-state index contributed by atoms with van der Waals surface area (Å²) >= 11 is 0. The van der Waals surface area contributed by atoms with Gasteiger partial charge in [0.1, 0.15) is 19.0 Å². The van der Waals surface area contributed by atoms with Crippen molar-refractivity contribution in [1.29, 1.82) is 0 Å². The predicted octanol–water partition coefficient (Wildman–Crippen LogP) is 2.30. The summed E-state index contributed by atoms with van der Waals surface area (Å²) in [6, 6.07) is 7.07. The van der Waals surface area contributed by atoms with Gasteiger partial charge in [0.05, 0.1) is 12.2 Å². The van der Waals surface area contributed by atoms with Gasteiger partial charge in [-0.1, -0.05) is 6.07 Å². The van der Waals surface area contributed by atoms with Gasteiger partial charge in [0.2, 0.25) is 0 Å². The molecule has 2 heterocycles. The van der Waals surface area contributed by atoms with E-state index in [0.29, 0.717) is 24.5 Å². The van der Waals surface area contributed by atoms with Gasteiger partial charge in [-0.25, -0.2) is 4.39 Å². The second kappa shape index (κ2) is 5.46. The second-order valence-corrected chi connectivity index (χ2v) is 4.52. The first-order valence-electron chi connectivity index (χ1n) is 6.46. The number of nitrogens with zero attached hydrogens (tertiary/aromatic N) is 1. The summed E-state index contributed by atoms with van der Waals surface area (Å²) in [5.74, 6) is 1.09. The summed E-state index contributed by atoms with van der Waals surface area (Å²) in [5, 5.41) is 3.12. The SMILES string of the molecule is CNC(c1ccc2c(c1)OCCO2)c1ccncc1F. The van der Waals surface area contributed by atoms with Gasteiger partial charge in [-0.3, -0.25) is 4.98 Å². The Kier molecular flexibility index (Phi) is 3.52. The van der Waals surface area contributed by atoms with E-state index in [1.54, 1.807) is 19.3 Å². The fraction of sp³-hybridized carbons (Fsp3) is 0.267. The quantitative estimate of drug-likeness (QED) is 0.932. The zero-order chi connectivity index (χ0) is 13.9. The molecule has 0 aliphatic carbocycles. The molecule has 1 aromatic carbocycles. The number of pyridine rings is 1. The van der Waals surface area contributed by atoms with Crippen molar-refractivity contribution < 1.29 is 13.9 Å². The van der Waals surface area contributed by atoms with Crippen LogP contribution < -0.4 is 14.8 Å². The van der Waals surface area contributed by atoms with Crippen LogP contribution >= 0.6 is 0 Å². The van der Waals surface area contributed by atoms with Gasteiger partial charge in [-0.05, 0) is 30.8 Å². The predicted molar refractivity (Wildman–Crippen MR) is 72.5 cm³/mol. The standard InChI is InChI=1S/C15H15FN2O2/c1-17-15(11-4-5-18-9-12(11)16)10-2-3-13-14(8-10)20-7-6-19-13/h2-5,8-9,15,17H,6-7H2,1H3. The minimum atomic E-state index is -0.332. The number of benzene rings is 1. The van der Waals surface area contributed by atoms with Crippen LogP contribution in [0.2, 0.25) is 0 Å². The normalized spacial score (nSPS) is 14.9. The molecular weight excluding hydrogens is 259 g/mol. The average molecular weight is 274 g/mol. The van der Waals surface area contributed by atoms with E-state index in [1.807, 2.05) is 18.2 Å². The topological polar surface area (TPSA) is 43.4 Å². The van der Waals surface area contributed by atoms with Crippen molar-refractivity contribution in [3.05, 3.63) is 53.6 Å². The van der Waals surface area contributed by atoms with E-state index in [2.05, 4.69) is 10.3 Å². The van der Waals surface area contributed by atoms with Crippen molar-refractivity contribution in [2.75, 3.05) is 20.3 Å². The van der Waals surface area contributed by atoms with Crippen molar-refractivity contribution >= 4 is 0 Å². The third kappa shape index (κ3) is 2.32. The summed E-state index contributed by atoms with van der Waals surface area (Å²) in [5.41, 5.74) is 1.47. The van der Waals surface area contributed by atoms with Crippen LogP contribution in [-0.4, -0.2) is 25.2 Å². The maximum absolute atomic E-state index is 13.9. The maximum atomic E-state index is 13.9. The largest absolute Gasteiger partial charge is 0.486 e. The highest BCUT2D eigenvalue weighted by Crippen LogP contribution is 2.34. The molecule has 104 valence electrons. The van der Waals surface area contributed by atoms with E-state index in [1.165, 1.54) is 6.20 Å². The molecule has 1 atom stereocenters. The van der Waals surface area contributed by atoms with E-state index in [9.17, 15) is 4.39 Å². The van der Waals surface area contributed by atoms with Crippen molar-refractivity contribution in [2.24, 2.45) is 0 Å². The van der Waals surface area contributed by atoms with Gasteiger partial charge in [0.25, 0.3) is 0 Å². The van der Waals surface area contributed by atoms with Crippen LogP contribution in [0.25, 0.3) is 0 Å². The lowest BCUT2D eigenvalue weighted by Crippen LogP contribution is -2.20. The molecule has 0 bridgehead atoms. The third-order valence-corrected chi connectivity index (χ3v) is 3.30. The number of fused-ring (bicyclic) bond motifs is 1. The summed E-state index contributed by atoms with van der Waals surface area (Å²) in [4.78, 5) is 3.78. The maximum Gasteiger partial charge on any atom is 0.161 e. The van der Waals surface area contributed by atoms with Crippen molar-refractivity contribution in [2.45, 2.75) is 6.04 Å². The average Bonchev–Trinajstić information content (AvgIpc) is 2.50. The number of rotatable bonds is 3. The number of hydrogen-bond acceptors (Lipinski definition) is 4. The van der Waals surface area contributed by atoms with Gasteiger partial charge in [-0.2, -0.15) is 0 Å². The summed E-state index contributed by atoms with van der Waals surface area (Å²) in [6.07, 6.45) is 2.80. The zero-order valence-corrected chi connectivity index (χ0v) is 11.1. The fourth-order valence-corrected chi connectivity index (χ4v) is 2.36. The molecule has 1 N–H and O–H groups in total. The van der Waals surface area contributed by atoms with E-state index >= 15 is 0 Å². The molecule has 0 amide bonds. The molecule has 20 heavy (non-hydrogen) atoms. The van der Waals surface area contributed by atoms with Crippen LogP contribution in [0.5, 0.6) is 11.5 Å². The van der Waals surface area contributed by atoms with Crippen LogP contribution in [0.4, 0.5) is 4.39 Å². The third-order valence-electron chi connectivity index (χ3n) is 3.30. The Hall–Kier alpha value is -2.14. The molecule has 0 fully saturated rings. The Bertz CT molecular complexity index is 619. The molecule has 0 saturated heterocycles. The molecule has 1 aliphatic heterocycles. The Labute approximate surface area is 116 Å². The molecule has 1 aromatic heterocycles. The first kappa shape index (κ1) is 12.9. The van der Waals surface area contributed by atoms with Crippen LogP contribution in [-0.2, 0) is 0 Å². The number of halogens is 1. The highest BCUT2D eigenvalue weighted by Gasteiger charge is 2.19. The molecule has 1 aliphatic rings. The van der Waals surface area contributed by atoms with Crippen molar-refractivity contribution in [3.8, 4) is 11.5 Å². The van der Waals surface area contributed by atoms with Crippen LogP contribution in [0.1, 0.15) is 17.2 Å². The Morgan fingerprint density at radius 3 is 2.75 bits per heavy atom. The van der Waals surface area contributed by atoms with Crippen LogP contribution in [0.3, 0.4) is 0 Å². The lowest BCUT2D eigenvalue weighted by Gasteiger charge is -2.22. The molecule has 0 spiro atoms. The smallest absolute Gasteiger partial charge is 0.161 e. The first-order chi connectivity index (χ1) is 9.79. The Morgan fingerprint density at radius 2 is 2.00 bits per heavy atom. The Morgan fingerprint density at radius 1 is 1.20 bits per heavy atom. The van der Waals surface area contributed by atoms with Gasteiger partial charge in [-0.15, -0.1) is 0 Å². The van der Waals surface area contributed by atoms with Crippen LogP contribution in [0.15, 0.2) is 36.7 Å². The number of hydrogen-bond donors (Lipinski definition) is 1. The highest BCUT2D eigenvalue weighted by atomic mass is 19.1. The molecule has 0 radical (unpaired) electrons. The second-order valence-electron chi connectivity index (χ2n) is 4.52. The number of aromatic nitrogens is 1. The molecular formula is C15H15FN2O2. The van der Waals surface area contributed by atoms with Crippen molar-refractivity contribution in [3.63, 3.8) is 0 Å². The van der Waals surface area contributed by atoms with E-state index in [-0.39, 0.29) is 11.9 Å².